The molecule has 0 spiro atoms. The normalized spacial score (nSPS) is 20.6. The third-order valence-electron chi connectivity index (χ3n) is 3.23. The van der Waals surface area contributed by atoms with Crippen LogP contribution in [0.1, 0.15) is 15.9 Å². The van der Waals surface area contributed by atoms with Gasteiger partial charge in [0.2, 0.25) is 0 Å². The van der Waals surface area contributed by atoms with Crippen LogP contribution in [0, 0.1) is 11.3 Å². The van der Waals surface area contributed by atoms with E-state index in [4.69, 9.17) is 0 Å². The van der Waals surface area contributed by atoms with Crippen LogP contribution in [0.15, 0.2) is 59.6 Å². The van der Waals surface area contributed by atoms with Crippen LogP contribution < -0.4 is 5.32 Å². The van der Waals surface area contributed by atoms with E-state index in [0.29, 0.717) is 16.8 Å². The summed E-state index contributed by atoms with van der Waals surface area (Å²) in [6, 6.07) is 17.2. The fourth-order valence-corrected chi connectivity index (χ4v) is 2.21. The fraction of sp³-hybridized carbons (Fsp3) is 0.0625. The number of carbonyl (C=O) groups is 1. The summed E-state index contributed by atoms with van der Waals surface area (Å²) in [6.07, 6.45) is 0. The SMILES string of the molecule is N#CC1(O)NC(=O)c2ccccc2N=C1c1ccccc1. The van der Waals surface area contributed by atoms with E-state index >= 15 is 0 Å². The van der Waals surface area contributed by atoms with Crippen LogP contribution in [-0.4, -0.2) is 22.5 Å². The minimum atomic E-state index is -2.17. The van der Waals surface area contributed by atoms with Crippen molar-refractivity contribution in [2.24, 2.45) is 4.99 Å². The molecule has 3 rings (SSSR count). The highest BCUT2D eigenvalue weighted by Crippen LogP contribution is 2.26. The minimum absolute atomic E-state index is 0.101. The molecule has 1 atom stereocenters. The van der Waals surface area contributed by atoms with Gasteiger partial charge in [0.25, 0.3) is 11.6 Å². The Balaban J connectivity index is 2.26. The standard InChI is InChI=1S/C16H11N3O2/c17-10-16(21)14(11-6-2-1-3-7-11)18-13-9-5-4-8-12(13)15(20)19-16/h1-9,21H,(H,19,20). The molecule has 2 aromatic carbocycles. The van der Waals surface area contributed by atoms with Crippen molar-refractivity contribution in [1.29, 1.82) is 5.26 Å². The highest BCUT2D eigenvalue weighted by atomic mass is 16.3. The van der Waals surface area contributed by atoms with Crippen molar-refractivity contribution in [3.05, 3.63) is 65.7 Å². The highest BCUT2D eigenvalue weighted by Gasteiger charge is 2.39. The average Bonchev–Trinajstić information content (AvgIpc) is 2.64. The van der Waals surface area contributed by atoms with E-state index in [-0.39, 0.29) is 5.71 Å². The Morgan fingerprint density at radius 2 is 1.76 bits per heavy atom. The second-order valence-corrected chi connectivity index (χ2v) is 4.62. The average molecular weight is 277 g/mol. The van der Waals surface area contributed by atoms with Crippen molar-refractivity contribution in [3.63, 3.8) is 0 Å². The molecular formula is C16H11N3O2. The molecule has 5 nitrogen and oxygen atoms in total. The maximum Gasteiger partial charge on any atom is 0.273 e. The largest absolute Gasteiger partial charge is 0.354 e. The molecule has 5 heteroatoms. The number of aliphatic imine (C=N–C) groups is 1. The Bertz CT molecular complexity index is 778. The molecule has 0 saturated carbocycles. The number of hydrogen-bond donors (Lipinski definition) is 2. The van der Waals surface area contributed by atoms with Gasteiger partial charge < -0.3 is 10.4 Å². The van der Waals surface area contributed by atoms with E-state index in [1.807, 2.05) is 6.07 Å². The summed E-state index contributed by atoms with van der Waals surface area (Å²) in [5.74, 6) is -0.538. The minimum Gasteiger partial charge on any atom is -0.354 e. The lowest BCUT2D eigenvalue weighted by Gasteiger charge is -2.21. The molecule has 1 heterocycles. The van der Waals surface area contributed by atoms with Gasteiger partial charge in [-0.15, -0.1) is 0 Å². The van der Waals surface area contributed by atoms with Crippen molar-refractivity contribution in [2.75, 3.05) is 0 Å². The first-order valence-electron chi connectivity index (χ1n) is 6.34. The molecule has 21 heavy (non-hydrogen) atoms. The summed E-state index contributed by atoms with van der Waals surface area (Å²) < 4.78 is 0. The number of fused-ring (bicyclic) bond motifs is 1. The lowest BCUT2D eigenvalue weighted by molar-refractivity contribution is 0.0776. The van der Waals surface area contributed by atoms with E-state index in [9.17, 15) is 15.2 Å². The van der Waals surface area contributed by atoms with Gasteiger partial charge in [-0.25, -0.2) is 4.99 Å². The molecule has 1 unspecified atom stereocenters. The van der Waals surface area contributed by atoms with Gasteiger partial charge in [-0.3, -0.25) is 4.79 Å². The summed E-state index contributed by atoms with van der Waals surface area (Å²) >= 11 is 0. The van der Waals surface area contributed by atoms with Crippen molar-refractivity contribution < 1.29 is 9.90 Å². The van der Waals surface area contributed by atoms with Gasteiger partial charge in [-0.2, -0.15) is 5.26 Å². The Labute approximate surface area is 121 Å². The number of rotatable bonds is 1. The number of benzene rings is 2. The summed E-state index contributed by atoms with van der Waals surface area (Å²) in [4.78, 5) is 16.5. The van der Waals surface area contributed by atoms with Gasteiger partial charge in [0, 0.05) is 5.56 Å². The molecule has 1 aliphatic heterocycles. The van der Waals surface area contributed by atoms with Crippen LogP contribution >= 0.6 is 0 Å². The maximum atomic E-state index is 12.2. The predicted octanol–water partition coefficient (Wildman–Crippen LogP) is 1.76. The summed E-state index contributed by atoms with van der Waals surface area (Å²) in [6.45, 7) is 0. The van der Waals surface area contributed by atoms with Crippen LogP contribution in [0.2, 0.25) is 0 Å². The maximum absolute atomic E-state index is 12.2. The molecule has 102 valence electrons. The zero-order valence-electron chi connectivity index (χ0n) is 10.9. The fourth-order valence-electron chi connectivity index (χ4n) is 2.21. The first kappa shape index (κ1) is 13.0. The van der Waals surface area contributed by atoms with Crippen LogP contribution in [0.4, 0.5) is 5.69 Å². The molecule has 2 aromatic rings. The number of amides is 1. The number of hydrogen-bond acceptors (Lipinski definition) is 4. The van der Waals surface area contributed by atoms with E-state index in [0.717, 1.165) is 0 Å². The van der Waals surface area contributed by atoms with Gasteiger partial charge in [-0.05, 0) is 12.1 Å². The topological polar surface area (TPSA) is 85.5 Å². The van der Waals surface area contributed by atoms with Gasteiger partial charge in [-0.1, -0.05) is 42.5 Å². The van der Waals surface area contributed by atoms with Crippen molar-refractivity contribution in [2.45, 2.75) is 5.72 Å². The first-order valence-corrected chi connectivity index (χ1v) is 6.34. The number of nitriles is 1. The Hall–Kier alpha value is -2.97. The number of carbonyl (C=O) groups excluding carboxylic acids is 1. The molecule has 0 saturated heterocycles. The van der Waals surface area contributed by atoms with Crippen LogP contribution in [-0.2, 0) is 0 Å². The van der Waals surface area contributed by atoms with Crippen molar-refractivity contribution in [1.82, 2.24) is 5.32 Å². The van der Waals surface area contributed by atoms with E-state index in [2.05, 4.69) is 10.3 Å². The van der Waals surface area contributed by atoms with Crippen molar-refractivity contribution >= 4 is 17.3 Å². The molecule has 0 fully saturated rings. The van der Waals surface area contributed by atoms with Gasteiger partial charge in [0.1, 0.15) is 11.8 Å². The first-order chi connectivity index (χ1) is 10.1. The predicted molar refractivity (Wildman–Crippen MR) is 77.1 cm³/mol. The zero-order chi connectivity index (χ0) is 14.9. The lowest BCUT2D eigenvalue weighted by Crippen LogP contribution is -2.53. The molecule has 1 amide bonds. The van der Waals surface area contributed by atoms with Crippen molar-refractivity contribution in [3.8, 4) is 6.07 Å². The number of aliphatic hydroxyl groups is 1. The number of para-hydroxylation sites is 1. The quantitative estimate of drug-likeness (QED) is 0.779. The smallest absolute Gasteiger partial charge is 0.273 e. The van der Waals surface area contributed by atoms with E-state index < -0.39 is 11.6 Å². The van der Waals surface area contributed by atoms with Gasteiger partial charge in [0.05, 0.1) is 11.3 Å². The molecule has 0 bridgehead atoms. The molecule has 0 aliphatic carbocycles. The van der Waals surface area contributed by atoms with Crippen LogP contribution in [0.5, 0.6) is 0 Å². The summed E-state index contributed by atoms with van der Waals surface area (Å²) in [7, 11) is 0. The summed E-state index contributed by atoms with van der Waals surface area (Å²) in [5.41, 5.74) is -0.767. The molecule has 1 aliphatic rings. The number of nitrogens with one attached hydrogen (secondary N) is 1. The Kier molecular flexibility index (Phi) is 3.01. The molecule has 2 N–H and O–H groups in total. The Morgan fingerprint density at radius 3 is 2.48 bits per heavy atom. The molecule has 0 aromatic heterocycles. The van der Waals surface area contributed by atoms with E-state index in [1.54, 1.807) is 54.6 Å². The molecular weight excluding hydrogens is 266 g/mol. The van der Waals surface area contributed by atoms with Gasteiger partial charge in [0.15, 0.2) is 0 Å². The third-order valence-corrected chi connectivity index (χ3v) is 3.23. The highest BCUT2D eigenvalue weighted by molar-refractivity contribution is 6.15. The second-order valence-electron chi connectivity index (χ2n) is 4.62. The van der Waals surface area contributed by atoms with Crippen LogP contribution in [0.3, 0.4) is 0 Å². The monoisotopic (exact) mass is 277 g/mol. The van der Waals surface area contributed by atoms with Gasteiger partial charge >= 0.3 is 0 Å². The Morgan fingerprint density at radius 1 is 1.10 bits per heavy atom. The summed E-state index contributed by atoms with van der Waals surface area (Å²) in [5, 5.41) is 22.1. The number of nitrogens with zero attached hydrogens (tertiary/aromatic N) is 2. The van der Waals surface area contributed by atoms with E-state index in [1.165, 1.54) is 0 Å². The molecule has 0 radical (unpaired) electrons. The third kappa shape index (κ3) is 2.18. The van der Waals surface area contributed by atoms with Crippen LogP contribution in [0.25, 0.3) is 0 Å². The zero-order valence-corrected chi connectivity index (χ0v) is 10.9. The second kappa shape index (κ2) is 4.85. The lowest BCUT2D eigenvalue weighted by atomic mass is 10.0.